The van der Waals surface area contributed by atoms with Gasteiger partial charge in [-0.15, -0.1) is 0 Å². The van der Waals surface area contributed by atoms with E-state index in [-0.39, 0.29) is 11.3 Å². The Balaban J connectivity index is 1.31. The fourth-order valence-electron chi connectivity index (χ4n) is 6.22. The maximum Gasteiger partial charge on any atom is 0.408 e. The summed E-state index contributed by atoms with van der Waals surface area (Å²) in [5.74, 6) is -0.539. The first-order chi connectivity index (χ1) is 19.3. The molecule has 1 saturated heterocycles. The molecule has 2 heterocycles. The molecule has 0 saturated carbocycles. The maximum atomic E-state index is 14.0. The average Bonchev–Trinajstić information content (AvgIpc) is 3.47. The third-order valence-electron chi connectivity index (χ3n) is 8.47. The number of para-hydroxylation sites is 1. The number of aromatic nitrogens is 1. The highest BCUT2D eigenvalue weighted by molar-refractivity contribution is 5.94. The number of carbonyl (C=O) groups excluding carboxylic acids is 3. The van der Waals surface area contributed by atoms with Gasteiger partial charge in [-0.3, -0.25) is 9.59 Å². The minimum atomic E-state index is -1.29. The average molecular weight is 559 g/mol. The Hall–Kier alpha value is -3.81. The standard InChI is InChI=1S/C33H42N4O4/c1-31(2,3)41-30(40)36-32(4,5)29(39)35-27(18-24-21-34-26-13-9-8-12-25(24)26)28(38)37-16-14-33(15-17-37)19-22-10-6-7-11-23(22)20-33/h6-13,21,27,34H,14-20H2,1-5H3,(H,35,39)(H,36,40)/t27-/m1/s1. The number of hydrogen-bond donors (Lipinski definition) is 3. The number of nitrogens with zero attached hydrogens (tertiary/aromatic N) is 1. The number of fused-ring (bicyclic) bond motifs is 2. The van der Waals surface area contributed by atoms with Crippen molar-refractivity contribution < 1.29 is 19.1 Å². The Morgan fingerprint density at radius 1 is 0.951 bits per heavy atom. The fourth-order valence-corrected chi connectivity index (χ4v) is 6.22. The van der Waals surface area contributed by atoms with Gasteiger partial charge in [0, 0.05) is 36.6 Å². The number of piperidine rings is 1. The summed E-state index contributed by atoms with van der Waals surface area (Å²) in [6.07, 6.45) is 5.55. The predicted molar refractivity (Wildman–Crippen MR) is 159 cm³/mol. The number of ether oxygens (including phenoxy) is 1. The molecule has 0 radical (unpaired) electrons. The lowest BCUT2D eigenvalue weighted by Gasteiger charge is -2.41. The Labute approximate surface area is 242 Å². The topological polar surface area (TPSA) is 104 Å². The van der Waals surface area contributed by atoms with Gasteiger partial charge >= 0.3 is 6.09 Å². The molecule has 3 N–H and O–H groups in total. The molecule has 8 nitrogen and oxygen atoms in total. The summed E-state index contributed by atoms with van der Waals surface area (Å²) in [7, 11) is 0. The van der Waals surface area contributed by atoms with Crippen molar-refractivity contribution >= 4 is 28.8 Å². The number of likely N-dealkylation sites (tertiary alicyclic amines) is 1. The summed E-state index contributed by atoms with van der Waals surface area (Å²) in [6, 6.07) is 15.8. The molecule has 1 spiro atoms. The van der Waals surface area contributed by atoms with Crippen LogP contribution in [0, 0.1) is 5.41 Å². The van der Waals surface area contributed by atoms with Crippen LogP contribution in [-0.2, 0) is 33.6 Å². The number of nitrogens with one attached hydrogen (secondary N) is 3. The van der Waals surface area contributed by atoms with Gasteiger partial charge in [0.05, 0.1) is 0 Å². The van der Waals surface area contributed by atoms with E-state index in [9.17, 15) is 14.4 Å². The second-order valence-electron chi connectivity index (χ2n) is 13.3. The van der Waals surface area contributed by atoms with Crippen molar-refractivity contribution in [3.05, 3.63) is 71.4 Å². The Morgan fingerprint density at radius 2 is 1.56 bits per heavy atom. The lowest BCUT2D eigenvalue weighted by atomic mass is 9.76. The Morgan fingerprint density at radius 3 is 2.20 bits per heavy atom. The monoisotopic (exact) mass is 558 g/mol. The summed E-state index contributed by atoms with van der Waals surface area (Å²) in [6.45, 7) is 9.84. The highest BCUT2D eigenvalue weighted by Crippen LogP contribution is 2.44. The molecule has 0 bridgehead atoms. The van der Waals surface area contributed by atoms with Gasteiger partial charge < -0.3 is 25.3 Å². The van der Waals surface area contributed by atoms with E-state index >= 15 is 0 Å². The Bertz CT molecular complexity index is 1420. The van der Waals surface area contributed by atoms with E-state index in [2.05, 4.69) is 39.9 Å². The van der Waals surface area contributed by atoms with Gasteiger partial charge in [0.25, 0.3) is 0 Å². The molecule has 1 atom stereocenters. The zero-order valence-corrected chi connectivity index (χ0v) is 24.8. The van der Waals surface area contributed by atoms with Gasteiger partial charge in [0.15, 0.2) is 0 Å². The normalized spacial score (nSPS) is 17.2. The lowest BCUT2D eigenvalue weighted by Crippen LogP contribution is -2.60. The highest BCUT2D eigenvalue weighted by Gasteiger charge is 2.42. The van der Waals surface area contributed by atoms with Crippen LogP contribution in [0.25, 0.3) is 10.9 Å². The van der Waals surface area contributed by atoms with Crippen molar-refractivity contribution in [2.24, 2.45) is 5.41 Å². The molecule has 218 valence electrons. The van der Waals surface area contributed by atoms with Gasteiger partial charge in [-0.25, -0.2) is 4.79 Å². The van der Waals surface area contributed by atoms with Crippen molar-refractivity contribution in [1.29, 1.82) is 0 Å². The van der Waals surface area contributed by atoms with Gasteiger partial charge in [0.2, 0.25) is 11.8 Å². The molecule has 1 aromatic heterocycles. The number of alkyl carbamates (subject to hydrolysis) is 1. The molecule has 3 aromatic rings. The molecule has 3 amide bonds. The zero-order valence-electron chi connectivity index (χ0n) is 24.8. The minimum Gasteiger partial charge on any atom is -0.444 e. The molecule has 0 unspecified atom stereocenters. The lowest BCUT2D eigenvalue weighted by molar-refractivity contribution is -0.139. The minimum absolute atomic E-state index is 0.0953. The largest absolute Gasteiger partial charge is 0.444 e. The van der Waals surface area contributed by atoms with Crippen LogP contribution in [0.15, 0.2) is 54.7 Å². The van der Waals surface area contributed by atoms with E-state index in [0.717, 1.165) is 42.1 Å². The van der Waals surface area contributed by atoms with Crippen LogP contribution in [-0.4, -0.2) is 58.1 Å². The van der Waals surface area contributed by atoms with Crippen molar-refractivity contribution in [3.63, 3.8) is 0 Å². The number of benzene rings is 2. The molecule has 41 heavy (non-hydrogen) atoms. The van der Waals surface area contributed by atoms with Gasteiger partial charge in [-0.1, -0.05) is 42.5 Å². The van der Waals surface area contributed by atoms with Crippen LogP contribution >= 0.6 is 0 Å². The van der Waals surface area contributed by atoms with E-state index < -0.39 is 29.2 Å². The Kier molecular flexibility index (Phi) is 7.62. The number of H-pyrrole nitrogens is 1. The smallest absolute Gasteiger partial charge is 0.408 e. The molecule has 2 aliphatic rings. The summed E-state index contributed by atoms with van der Waals surface area (Å²) < 4.78 is 5.36. The summed E-state index contributed by atoms with van der Waals surface area (Å²) in [5, 5.41) is 6.67. The van der Waals surface area contributed by atoms with E-state index in [0.29, 0.717) is 19.5 Å². The molecule has 1 aliphatic heterocycles. The molecule has 2 aromatic carbocycles. The molecule has 1 aliphatic carbocycles. The SMILES string of the molecule is CC(C)(C)OC(=O)NC(C)(C)C(=O)N[C@H](Cc1c[nH]c2ccccc12)C(=O)N1CCC2(CC1)Cc1ccccc1C2. The van der Waals surface area contributed by atoms with Crippen molar-refractivity contribution in [1.82, 2.24) is 20.5 Å². The first kappa shape index (κ1) is 28.7. The summed E-state index contributed by atoms with van der Waals surface area (Å²) in [4.78, 5) is 45.2. The highest BCUT2D eigenvalue weighted by atomic mass is 16.6. The molecule has 8 heteroatoms. The van der Waals surface area contributed by atoms with E-state index in [4.69, 9.17) is 4.74 Å². The van der Waals surface area contributed by atoms with Crippen LogP contribution < -0.4 is 10.6 Å². The number of aromatic amines is 1. The predicted octanol–water partition coefficient (Wildman–Crippen LogP) is 4.91. The first-order valence-electron chi connectivity index (χ1n) is 14.6. The number of rotatable bonds is 6. The van der Waals surface area contributed by atoms with Crippen LogP contribution in [0.1, 0.15) is 64.2 Å². The van der Waals surface area contributed by atoms with Gasteiger partial charge in [-0.05, 0) is 88.5 Å². The first-order valence-corrected chi connectivity index (χ1v) is 14.6. The van der Waals surface area contributed by atoms with Crippen molar-refractivity contribution in [3.8, 4) is 0 Å². The zero-order chi connectivity index (χ0) is 29.4. The summed E-state index contributed by atoms with van der Waals surface area (Å²) in [5.41, 5.74) is 3.01. The molecule has 5 rings (SSSR count). The van der Waals surface area contributed by atoms with Crippen LogP contribution in [0.2, 0.25) is 0 Å². The molecular formula is C33H42N4O4. The number of carbonyl (C=O) groups is 3. The third-order valence-corrected chi connectivity index (χ3v) is 8.47. The van der Waals surface area contributed by atoms with Gasteiger partial charge in [0.1, 0.15) is 17.2 Å². The van der Waals surface area contributed by atoms with Crippen molar-refractivity contribution in [2.45, 2.75) is 83.9 Å². The number of hydrogen-bond acceptors (Lipinski definition) is 4. The third kappa shape index (κ3) is 6.42. The number of amides is 3. The second kappa shape index (κ2) is 10.9. The van der Waals surface area contributed by atoms with Crippen LogP contribution in [0.5, 0.6) is 0 Å². The van der Waals surface area contributed by atoms with Crippen LogP contribution in [0.3, 0.4) is 0 Å². The van der Waals surface area contributed by atoms with E-state index in [1.165, 1.54) is 11.1 Å². The maximum absolute atomic E-state index is 14.0. The van der Waals surface area contributed by atoms with E-state index in [1.807, 2.05) is 35.4 Å². The van der Waals surface area contributed by atoms with Crippen LogP contribution in [0.4, 0.5) is 4.79 Å². The van der Waals surface area contributed by atoms with E-state index in [1.54, 1.807) is 34.6 Å². The molecular weight excluding hydrogens is 516 g/mol. The van der Waals surface area contributed by atoms with Crippen molar-refractivity contribution in [2.75, 3.05) is 13.1 Å². The quantitative estimate of drug-likeness (QED) is 0.400. The fraction of sp³-hybridized carbons (Fsp3) is 0.485. The second-order valence-corrected chi connectivity index (χ2v) is 13.3. The van der Waals surface area contributed by atoms with Gasteiger partial charge in [-0.2, -0.15) is 0 Å². The summed E-state index contributed by atoms with van der Waals surface area (Å²) >= 11 is 0. The molecule has 1 fully saturated rings.